The average Bonchev–Trinajstić information content (AvgIpc) is 2.96. The number of fused-ring (bicyclic) bond motifs is 1. The molecule has 3 rings (SSSR count). The summed E-state index contributed by atoms with van der Waals surface area (Å²) in [6.45, 7) is 6.01. The van der Waals surface area contributed by atoms with E-state index in [1.54, 1.807) is 12.1 Å². The Labute approximate surface area is 155 Å². The van der Waals surface area contributed by atoms with Gasteiger partial charge in [-0.1, -0.05) is 35.9 Å². The maximum Gasteiger partial charge on any atom is 0.257 e. The summed E-state index contributed by atoms with van der Waals surface area (Å²) in [5.41, 5.74) is 2.31. The summed E-state index contributed by atoms with van der Waals surface area (Å²) < 4.78 is 6.76. The molecular formula is C19H19ClN2O2S. The van der Waals surface area contributed by atoms with Gasteiger partial charge in [-0.05, 0) is 56.2 Å². The zero-order chi connectivity index (χ0) is 18.0. The van der Waals surface area contributed by atoms with E-state index in [0.29, 0.717) is 21.5 Å². The van der Waals surface area contributed by atoms with Crippen LogP contribution in [-0.4, -0.2) is 17.0 Å². The standard InChI is InChI=1S/C19H19ClN2O2S/c1-4-12(3)24-14-7-5-6-13(9-14)18(23)22-19-21-16-10-15(20)11(2)8-17(16)25-19/h5-10,12H,4H2,1-3H3,(H,21,22,23)/t12-/m1/s1. The summed E-state index contributed by atoms with van der Waals surface area (Å²) >= 11 is 7.56. The van der Waals surface area contributed by atoms with E-state index in [2.05, 4.69) is 17.2 Å². The minimum absolute atomic E-state index is 0.107. The average molecular weight is 375 g/mol. The number of benzene rings is 2. The second kappa shape index (κ2) is 7.42. The van der Waals surface area contributed by atoms with Gasteiger partial charge in [-0.2, -0.15) is 0 Å². The van der Waals surface area contributed by atoms with E-state index >= 15 is 0 Å². The number of aromatic nitrogens is 1. The van der Waals surface area contributed by atoms with Gasteiger partial charge < -0.3 is 4.74 Å². The van der Waals surface area contributed by atoms with Crippen molar-refractivity contribution in [2.24, 2.45) is 0 Å². The summed E-state index contributed by atoms with van der Waals surface area (Å²) in [4.78, 5) is 16.9. The monoisotopic (exact) mass is 374 g/mol. The van der Waals surface area contributed by atoms with Crippen molar-refractivity contribution in [1.29, 1.82) is 0 Å². The second-order valence-corrected chi connectivity index (χ2v) is 7.34. The highest BCUT2D eigenvalue weighted by Gasteiger charge is 2.12. The van der Waals surface area contributed by atoms with Gasteiger partial charge in [-0.15, -0.1) is 0 Å². The van der Waals surface area contributed by atoms with E-state index in [4.69, 9.17) is 16.3 Å². The number of halogens is 1. The highest BCUT2D eigenvalue weighted by molar-refractivity contribution is 7.22. The fraction of sp³-hybridized carbons (Fsp3) is 0.263. The highest BCUT2D eigenvalue weighted by Crippen LogP contribution is 2.30. The molecule has 1 aromatic heterocycles. The molecule has 130 valence electrons. The van der Waals surface area contributed by atoms with Crippen LogP contribution in [-0.2, 0) is 0 Å². The third-order valence-electron chi connectivity index (χ3n) is 3.90. The normalized spacial score (nSPS) is 12.2. The number of aryl methyl sites for hydroxylation is 1. The Hall–Kier alpha value is -2.11. The first-order chi connectivity index (χ1) is 12.0. The quantitative estimate of drug-likeness (QED) is 0.624. The Kier molecular flexibility index (Phi) is 5.25. The minimum atomic E-state index is -0.212. The zero-order valence-electron chi connectivity index (χ0n) is 14.3. The Morgan fingerprint density at radius 3 is 2.92 bits per heavy atom. The lowest BCUT2D eigenvalue weighted by molar-refractivity contribution is 0.102. The lowest BCUT2D eigenvalue weighted by Crippen LogP contribution is -2.13. The highest BCUT2D eigenvalue weighted by atomic mass is 35.5. The first-order valence-electron chi connectivity index (χ1n) is 8.11. The molecule has 1 N–H and O–H groups in total. The number of rotatable bonds is 5. The molecule has 1 atom stereocenters. The largest absolute Gasteiger partial charge is 0.491 e. The van der Waals surface area contributed by atoms with Crippen molar-refractivity contribution < 1.29 is 9.53 Å². The van der Waals surface area contributed by atoms with Crippen LogP contribution < -0.4 is 10.1 Å². The molecule has 0 saturated carbocycles. The second-order valence-electron chi connectivity index (χ2n) is 5.91. The number of amides is 1. The summed E-state index contributed by atoms with van der Waals surface area (Å²) in [6.07, 6.45) is 1.01. The lowest BCUT2D eigenvalue weighted by Gasteiger charge is -2.13. The van der Waals surface area contributed by atoms with E-state index in [1.807, 2.05) is 38.1 Å². The molecule has 0 bridgehead atoms. The van der Waals surface area contributed by atoms with E-state index in [0.717, 1.165) is 22.2 Å². The SMILES string of the molecule is CC[C@@H](C)Oc1cccc(C(=O)Nc2nc3cc(Cl)c(C)cc3s2)c1. The molecule has 3 aromatic rings. The minimum Gasteiger partial charge on any atom is -0.491 e. The molecule has 0 aliphatic carbocycles. The van der Waals surface area contributed by atoms with E-state index in [1.165, 1.54) is 11.3 Å². The Morgan fingerprint density at radius 1 is 1.36 bits per heavy atom. The van der Waals surface area contributed by atoms with Crippen molar-refractivity contribution in [2.45, 2.75) is 33.3 Å². The number of hydrogen-bond acceptors (Lipinski definition) is 4. The molecule has 0 saturated heterocycles. The number of ether oxygens (including phenoxy) is 1. The smallest absolute Gasteiger partial charge is 0.257 e. The number of nitrogens with one attached hydrogen (secondary N) is 1. The van der Waals surface area contributed by atoms with Crippen LogP contribution in [0.1, 0.15) is 36.2 Å². The lowest BCUT2D eigenvalue weighted by atomic mass is 10.2. The van der Waals surface area contributed by atoms with Crippen LogP contribution in [0.2, 0.25) is 5.02 Å². The molecule has 0 aliphatic rings. The van der Waals surface area contributed by atoms with Gasteiger partial charge >= 0.3 is 0 Å². The van der Waals surface area contributed by atoms with Crippen LogP contribution in [0.5, 0.6) is 5.75 Å². The Bertz CT molecular complexity index is 884. The molecule has 0 radical (unpaired) electrons. The number of carbonyl (C=O) groups excluding carboxylic acids is 1. The van der Waals surface area contributed by atoms with Crippen LogP contribution in [0.4, 0.5) is 5.13 Å². The molecule has 0 aliphatic heterocycles. The van der Waals surface area contributed by atoms with Gasteiger partial charge in [0.1, 0.15) is 5.75 Å². The predicted octanol–water partition coefficient (Wildman–Crippen LogP) is 5.69. The van der Waals surface area contributed by atoms with Crippen molar-refractivity contribution in [2.75, 3.05) is 5.32 Å². The first kappa shape index (κ1) is 17.7. The molecular weight excluding hydrogens is 356 g/mol. The molecule has 4 nitrogen and oxygen atoms in total. The first-order valence-corrected chi connectivity index (χ1v) is 9.30. The van der Waals surface area contributed by atoms with E-state index < -0.39 is 0 Å². The summed E-state index contributed by atoms with van der Waals surface area (Å²) in [6, 6.07) is 11.0. The molecule has 25 heavy (non-hydrogen) atoms. The molecule has 1 amide bonds. The predicted molar refractivity (Wildman–Crippen MR) is 104 cm³/mol. The van der Waals surface area contributed by atoms with Crippen LogP contribution in [0.3, 0.4) is 0 Å². The van der Waals surface area contributed by atoms with Crippen molar-refractivity contribution in [3.8, 4) is 5.75 Å². The summed E-state index contributed by atoms with van der Waals surface area (Å²) in [5, 5.41) is 4.07. The molecule has 2 aromatic carbocycles. The third-order valence-corrected chi connectivity index (χ3v) is 5.24. The van der Waals surface area contributed by atoms with Crippen LogP contribution in [0, 0.1) is 6.92 Å². The molecule has 1 heterocycles. The summed E-state index contributed by atoms with van der Waals surface area (Å²) in [5.74, 6) is 0.477. The molecule has 6 heteroatoms. The number of nitrogens with zero attached hydrogens (tertiary/aromatic N) is 1. The van der Waals surface area contributed by atoms with Crippen molar-refractivity contribution in [3.05, 3.63) is 52.5 Å². The van der Waals surface area contributed by atoms with Crippen molar-refractivity contribution >= 4 is 44.2 Å². The fourth-order valence-corrected chi connectivity index (χ4v) is 3.40. The van der Waals surface area contributed by atoms with Crippen LogP contribution in [0.15, 0.2) is 36.4 Å². The number of thiazole rings is 1. The van der Waals surface area contributed by atoms with E-state index in [-0.39, 0.29) is 12.0 Å². The van der Waals surface area contributed by atoms with Crippen molar-refractivity contribution in [3.63, 3.8) is 0 Å². The number of carbonyl (C=O) groups is 1. The van der Waals surface area contributed by atoms with Gasteiger partial charge in [0.25, 0.3) is 5.91 Å². The Morgan fingerprint density at radius 2 is 2.16 bits per heavy atom. The zero-order valence-corrected chi connectivity index (χ0v) is 15.9. The molecule has 0 unspecified atom stereocenters. The maximum absolute atomic E-state index is 12.5. The summed E-state index contributed by atoms with van der Waals surface area (Å²) in [7, 11) is 0. The van der Waals surface area contributed by atoms with Crippen molar-refractivity contribution in [1.82, 2.24) is 4.98 Å². The number of anilines is 1. The van der Waals surface area contributed by atoms with Gasteiger partial charge in [-0.3, -0.25) is 10.1 Å². The maximum atomic E-state index is 12.5. The topological polar surface area (TPSA) is 51.2 Å². The molecule has 0 fully saturated rings. The van der Waals surface area contributed by atoms with E-state index in [9.17, 15) is 4.79 Å². The van der Waals surface area contributed by atoms with Crippen LogP contribution in [0.25, 0.3) is 10.2 Å². The number of hydrogen-bond donors (Lipinski definition) is 1. The van der Waals surface area contributed by atoms with Gasteiger partial charge in [0.2, 0.25) is 0 Å². The fourth-order valence-electron chi connectivity index (χ4n) is 2.30. The van der Waals surface area contributed by atoms with Gasteiger partial charge in [0, 0.05) is 10.6 Å². The van der Waals surface area contributed by atoms with Gasteiger partial charge in [0.15, 0.2) is 5.13 Å². The third kappa shape index (κ3) is 4.11. The Balaban J connectivity index is 1.79. The van der Waals surface area contributed by atoms with Crippen LogP contribution >= 0.6 is 22.9 Å². The molecule has 0 spiro atoms. The van der Waals surface area contributed by atoms with Gasteiger partial charge in [0.05, 0.1) is 16.3 Å². The van der Waals surface area contributed by atoms with Gasteiger partial charge in [-0.25, -0.2) is 4.98 Å².